The van der Waals surface area contributed by atoms with Gasteiger partial charge < -0.3 is 45.1 Å². The zero-order valence-electron chi connectivity index (χ0n) is 26.7. The van der Waals surface area contributed by atoms with Crippen molar-refractivity contribution in [3.05, 3.63) is 91.9 Å². The van der Waals surface area contributed by atoms with Crippen molar-refractivity contribution < 1.29 is 58.9 Å². The SMILES string of the molecule is COc1cccc2c1C(=O)c1c(O)c3c(c(O)c1C2=O)C[C@@](O)(C(=O)CO)C[C@@H]3O[C@H]1C[C@H](NC(=O)c2ccc(N=[N+]=[N-])cc2)[C@H](O)[C@H](C)O1. The molecule has 2 aliphatic carbocycles. The largest absolute Gasteiger partial charge is 0.507 e. The van der Waals surface area contributed by atoms with E-state index in [-0.39, 0.29) is 45.7 Å². The number of aliphatic hydroxyl groups is 3. The fraction of sp³-hybridized carbons (Fsp3) is 0.353. The summed E-state index contributed by atoms with van der Waals surface area (Å²) in [6.07, 6.45) is -6.26. The molecule has 16 nitrogen and oxygen atoms in total. The first-order valence-electron chi connectivity index (χ1n) is 15.5. The zero-order valence-corrected chi connectivity index (χ0v) is 26.7. The minimum Gasteiger partial charge on any atom is -0.507 e. The summed E-state index contributed by atoms with van der Waals surface area (Å²) in [7, 11) is 1.30. The number of methoxy groups -OCH3 is 1. The Bertz CT molecular complexity index is 1980. The van der Waals surface area contributed by atoms with Crippen LogP contribution in [0.3, 0.4) is 0 Å². The van der Waals surface area contributed by atoms with Crippen molar-refractivity contribution in [2.24, 2.45) is 5.11 Å². The van der Waals surface area contributed by atoms with E-state index in [1.807, 2.05) is 0 Å². The third-order valence-electron chi connectivity index (χ3n) is 9.37. The third-order valence-corrected chi connectivity index (χ3v) is 9.37. The second-order valence-electron chi connectivity index (χ2n) is 12.3. The summed E-state index contributed by atoms with van der Waals surface area (Å²) < 4.78 is 17.4. The lowest BCUT2D eigenvalue weighted by atomic mass is 9.72. The molecule has 6 N–H and O–H groups in total. The Balaban J connectivity index is 1.37. The number of fused-ring (bicyclic) bond motifs is 3. The molecule has 6 atom stereocenters. The molecule has 0 aromatic heterocycles. The van der Waals surface area contributed by atoms with Crippen molar-refractivity contribution >= 4 is 28.9 Å². The van der Waals surface area contributed by atoms with Crippen molar-refractivity contribution in [2.75, 3.05) is 13.7 Å². The lowest BCUT2D eigenvalue weighted by Gasteiger charge is -2.43. The first-order valence-corrected chi connectivity index (χ1v) is 15.5. The lowest BCUT2D eigenvalue weighted by molar-refractivity contribution is -0.249. The number of carbonyl (C=O) groups excluding carboxylic acids is 4. The number of nitrogens with zero attached hydrogens (tertiary/aromatic N) is 3. The molecule has 16 heteroatoms. The first-order chi connectivity index (χ1) is 23.8. The molecule has 1 saturated heterocycles. The van der Waals surface area contributed by atoms with Crippen LogP contribution >= 0.6 is 0 Å². The number of benzene rings is 3. The number of hydrogen-bond donors (Lipinski definition) is 6. The van der Waals surface area contributed by atoms with Crippen molar-refractivity contribution in [3.8, 4) is 17.2 Å². The maximum absolute atomic E-state index is 13.9. The van der Waals surface area contributed by atoms with Crippen LogP contribution in [0.4, 0.5) is 5.69 Å². The zero-order chi connectivity index (χ0) is 36.1. The Hall–Kier alpha value is -5.35. The predicted octanol–water partition coefficient (Wildman–Crippen LogP) is 2.41. The van der Waals surface area contributed by atoms with Gasteiger partial charge in [0.2, 0.25) is 5.78 Å². The maximum Gasteiger partial charge on any atom is 0.251 e. The smallest absolute Gasteiger partial charge is 0.251 e. The molecular weight excluding hydrogens is 656 g/mol. The number of phenols is 2. The number of Topliss-reactive ketones (excluding diaryl/α,β-unsaturated/α-hetero) is 1. The topological polar surface area (TPSA) is 258 Å². The van der Waals surface area contributed by atoms with Crippen molar-refractivity contribution in [3.63, 3.8) is 0 Å². The number of phenolic OH excluding ortho intramolecular Hbond substituents is 2. The van der Waals surface area contributed by atoms with Gasteiger partial charge in [-0.3, -0.25) is 19.2 Å². The van der Waals surface area contributed by atoms with Crippen LogP contribution in [-0.4, -0.2) is 92.6 Å². The number of azide groups is 1. The van der Waals surface area contributed by atoms with Crippen LogP contribution in [0.2, 0.25) is 0 Å². The summed E-state index contributed by atoms with van der Waals surface area (Å²) in [5.41, 5.74) is 5.02. The van der Waals surface area contributed by atoms with Gasteiger partial charge in [0.1, 0.15) is 35.6 Å². The molecule has 0 spiro atoms. The molecule has 260 valence electrons. The molecule has 0 unspecified atom stereocenters. The Morgan fingerprint density at radius 1 is 1.08 bits per heavy atom. The van der Waals surface area contributed by atoms with Crippen molar-refractivity contribution in [1.82, 2.24) is 5.32 Å². The van der Waals surface area contributed by atoms with E-state index in [0.29, 0.717) is 0 Å². The monoisotopic (exact) mass is 688 g/mol. The summed E-state index contributed by atoms with van der Waals surface area (Å²) in [4.78, 5) is 56.2. The van der Waals surface area contributed by atoms with Crippen LogP contribution in [0.15, 0.2) is 47.6 Å². The number of ketones is 3. The van der Waals surface area contributed by atoms with Crippen LogP contribution < -0.4 is 10.1 Å². The summed E-state index contributed by atoms with van der Waals surface area (Å²) in [5.74, 6) is -4.68. The summed E-state index contributed by atoms with van der Waals surface area (Å²) in [6, 6.07) is 9.07. The molecule has 1 amide bonds. The quantitative estimate of drug-likeness (QED) is 0.0675. The van der Waals surface area contributed by atoms with Crippen LogP contribution in [0.25, 0.3) is 10.4 Å². The minimum atomic E-state index is -2.34. The average Bonchev–Trinajstić information content (AvgIpc) is 3.10. The van der Waals surface area contributed by atoms with Gasteiger partial charge >= 0.3 is 0 Å². The van der Waals surface area contributed by atoms with Crippen molar-refractivity contribution in [1.29, 1.82) is 0 Å². The average molecular weight is 689 g/mol. The van der Waals surface area contributed by atoms with Gasteiger partial charge in [0.15, 0.2) is 17.9 Å². The fourth-order valence-corrected chi connectivity index (χ4v) is 6.84. The first kappa shape index (κ1) is 34.5. The summed E-state index contributed by atoms with van der Waals surface area (Å²) in [5, 5.41) is 61.5. The Labute approximate surface area is 283 Å². The van der Waals surface area contributed by atoms with Gasteiger partial charge in [-0.15, -0.1) is 0 Å². The van der Waals surface area contributed by atoms with Crippen molar-refractivity contribution in [2.45, 2.75) is 62.4 Å². The van der Waals surface area contributed by atoms with E-state index in [9.17, 15) is 44.7 Å². The molecule has 0 bridgehead atoms. The molecule has 1 aliphatic heterocycles. The second-order valence-corrected chi connectivity index (χ2v) is 12.3. The van der Waals surface area contributed by atoms with Crippen LogP contribution in [0.1, 0.15) is 79.2 Å². The number of hydrogen-bond acceptors (Lipinski definition) is 13. The molecule has 1 fully saturated rings. The third kappa shape index (κ3) is 5.73. The minimum absolute atomic E-state index is 0.0571. The standard InChI is InChI=1S/C34H32N4O12/c1-14-28(41)19(36-33(46)15-6-8-16(9-7-15)37-38-35)10-23(49-14)50-21-12-34(47,22(40)13-39)11-18-25(21)32(45)27-26(30(18)43)29(42)17-4-3-5-20(48-2)24(17)31(27)44/h3-9,14,19,21,23,28,39,41,43,45,47H,10-13H2,1-2H3,(H,36,46)/t14-,19-,21-,23-,28+,34-/m0/s1. The molecule has 6 rings (SSSR count). The van der Waals surface area contributed by atoms with Gasteiger partial charge in [0.05, 0.1) is 42.0 Å². The highest BCUT2D eigenvalue weighted by Gasteiger charge is 2.50. The van der Waals surface area contributed by atoms with Gasteiger partial charge in [0, 0.05) is 52.1 Å². The van der Waals surface area contributed by atoms with Crippen LogP contribution in [0, 0.1) is 0 Å². The van der Waals surface area contributed by atoms with E-state index in [0.717, 1.165) is 0 Å². The number of ether oxygens (including phenoxy) is 3. The van der Waals surface area contributed by atoms with E-state index in [1.165, 1.54) is 56.5 Å². The maximum atomic E-state index is 13.9. The second kappa shape index (κ2) is 13.2. The number of nitrogens with one attached hydrogen (secondary N) is 1. The highest BCUT2D eigenvalue weighted by atomic mass is 16.7. The van der Waals surface area contributed by atoms with Gasteiger partial charge in [-0.1, -0.05) is 29.4 Å². The van der Waals surface area contributed by atoms with Crippen LogP contribution in [-0.2, 0) is 20.7 Å². The number of amides is 1. The number of aromatic hydroxyl groups is 2. The van der Waals surface area contributed by atoms with Gasteiger partial charge in [-0.2, -0.15) is 0 Å². The molecular formula is C34H32N4O12. The van der Waals surface area contributed by atoms with E-state index in [2.05, 4.69) is 15.3 Å². The molecule has 3 aromatic rings. The molecule has 0 saturated carbocycles. The Morgan fingerprint density at radius 3 is 2.44 bits per heavy atom. The van der Waals surface area contributed by atoms with Gasteiger partial charge in [-0.05, 0) is 30.7 Å². The highest BCUT2D eigenvalue weighted by Crippen LogP contribution is 2.52. The van der Waals surface area contributed by atoms with E-state index in [1.54, 1.807) is 0 Å². The van der Waals surface area contributed by atoms with E-state index < -0.39 is 102 Å². The summed E-state index contributed by atoms with van der Waals surface area (Å²) >= 11 is 0. The van der Waals surface area contributed by atoms with Crippen LogP contribution in [0.5, 0.6) is 17.2 Å². The number of carbonyl (C=O) groups is 4. The Kier molecular flexibility index (Phi) is 9.09. The molecule has 1 heterocycles. The fourth-order valence-electron chi connectivity index (χ4n) is 6.84. The molecule has 3 aliphatic rings. The highest BCUT2D eigenvalue weighted by molar-refractivity contribution is 6.31. The molecule has 50 heavy (non-hydrogen) atoms. The molecule has 0 radical (unpaired) electrons. The van der Waals surface area contributed by atoms with Gasteiger partial charge in [0.25, 0.3) is 5.91 Å². The number of aliphatic hydroxyl groups excluding tert-OH is 2. The van der Waals surface area contributed by atoms with Gasteiger partial charge in [-0.25, -0.2) is 0 Å². The normalized spacial score (nSPS) is 25.4. The molecule has 3 aromatic carbocycles. The predicted molar refractivity (Wildman–Crippen MR) is 170 cm³/mol. The van der Waals surface area contributed by atoms with E-state index >= 15 is 0 Å². The summed E-state index contributed by atoms with van der Waals surface area (Å²) in [6.45, 7) is 0.436. The van der Waals surface area contributed by atoms with E-state index in [4.69, 9.17) is 19.7 Å². The lowest BCUT2D eigenvalue weighted by Crippen LogP contribution is -2.55. The number of rotatable bonds is 8. The Morgan fingerprint density at radius 2 is 1.78 bits per heavy atom.